The molecule has 0 radical (unpaired) electrons. The predicted molar refractivity (Wildman–Crippen MR) is 66.7 cm³/mol. The van der Waals surface area contributed by atoms with Gasteiger partial charge < -0.3 is 4.74 Å². The Morgan fingerprint density at radius 3 is 2.10 bits per heavy atom. The Labute approximate surface area is 113 Å². The van der Waals surface area contributed by atoms with Crippen molar-refractivity contribution >= 4 is 0 Å². The minimum Gasteiger partial charge on any atom is -0.473 e. The molecule has 0 saturated heterocycles. The number of hydrogen-bond acceptors (Lipinski definition) is 4. The molecule has 2 aromatic rings. The smallest absolute Gasteiger partial charge is 0.416 e. The monoisotopic (exact) mass is 283 g/mol. The molecular formula is C13H12F3N3O. The molecule has 106 valence electrons. The van der Waals surface area contributed by atoms with Crippen LogP contribution in [0.4, 0.5) is 13.2 Å². The third kappa shape index (κ3) is 3.45. The molecule has 2 N–H and O–H groups in total. The van der Waals surface area contributed by atoms with E-state index in [0.717, 1.165) is 12.1 Å². The largest absolute Gasteiger partial charge is 0.473 e. The Morgan fingerprint density at radius 2 is 1.65 bits per heavy atom. The first-order valence-electron chi connectivity index (χ1n) is 5.78. The predicted octanol–water partition coefficient (Wildman–Crippen LogP) is 2.85. The zero-order valence-electron chi connectivity index (χ0n) is 10.6. The Balaban J connectivity index is 2.19. The van der Waals surface area contributed by atoms with Gasteiger partial charge in [0.2, 0.25) is 0 Å². The molecule has 0 saturated carbocycles. The van der Waals surface area contributed by atoms with E-state index in [1.807, 2.05) is 0 Å². The molecule has 0 aliphatic rings. The van der Waals surface area contributed by atoms with E-state index in [2.05, 4.69) is 9.97 Å². The van der Waals surface area contributed by atoms with E-state index in [-0.39, 0.29) is 0 Å². The van der Waals surface area contributed by atoms with Crippen LogP contribution in [-0.2, 0) is 6.18 Å². The van der Waals surface area contributed by atoms with E-state index in [4.69, 9.17) is 10.5 Å². The Hall–Kier alpha value is -2.15. The fourth-order valence-electron chi connectivity index (χ4n) is 1.55. The van der Waals surface area contributed by atoms with Crippen molar-refractivity contribution in [3.8, 4) is 17.1 Å². The topological polar surface area (TPSA) is 61.0 Å². The lowest BCUT2D eigenvalue weighted by Gasteiger charge is -2.09. The first kappa shape index (κ1) is 14.3. The molecule has 0 aliphatic heterocycles. The van der Waals surface area contributed by atoms with Crippen molar-refractivity contribution in [1.82, 2.24) is 9.97 Å². The number of benzene rings is 1. The first-order valence-corrected chi connectivity index (χ1v) is 5.78. The van der Waals surface area contributed by atoms with Crippen molar-refractivity contribution in [3.63, 3.8) is 0 Å². The van der Waals surface area contributed by atoms with Gasteiger partial charge in [-0.05, 0) is 19.1 Å². The van der Waals surface area contributed by atoms with Crippen molar-refractivity contribution in [2.45, 2.75) is 19.3 Å². The number of aromatic nitrogens is 2. The van der Waals surface area contributed by atoms with E-state index >= 15 is 0 Å². The van der Waals surface area contributed by atoms with E-state index in [0.29, 0.717) is 17.1 Å². The molecule has 0 amide bonds. The second kappa shape index (κ2) is 5.46. The molecule has 1 heterocycles. The molecule has 4 nitrogen and oxygen atoms in total. The maximum Gasteiger partial charge on any atom is 0.416 e. The molecule has 1 aromatic heterocycles. The van der Waals surface area contributed by atoms with Gasteiger partial charge in [-0.15, -0.1) is 0 Å². The second-order valence-electron chi connectivity index (χ2n) is 4.14. The highest BCUT2D eigenvalue weighted by Crippen LogP contribution is 2.30. The summed E-state index contributed by atoms with van der Waals surface area (Å²) in [5.41, 5.74) is 5.23. The van der Waals surface area contributed by atoms with E-state index in [9.17, 15) is 13.2 Å². The van der Waals surface area contributed by atoms with Crippen LogP contribution in [0.1, 0.15) is 12.5 Å². The number of ether oxygens (including phenoxy) is 1. The Kier molecular flexibility index (Phi) is 3.89. The van der Waals surface area contributed by atoms with Crippen LogP contribution in [0.2, 0.25) is 0 Å². The average molecular weight is 283 g/mol. The van der Waals surface area contributed by atoms with Crippen LogP contribution in [-0.4, -0.2) is 16.2 Å². The summed E-state index contributed by atoms with van der Waals surface area (Å²) in [6, 6.07) is 4.63. The van der Waals surface area contributed by atoms with Crippen LogP contribution < -0.4 is 10.5 Å². The molecule has 0 spiro atoms. The van der Waals surface area contributed by atoms with Gasteiger partial charge >= 0.3 is 6.18 Å². The fraction of sp³-hybridized carbons (Fsp3) is 0.231. The SMILES string of the molecule is CC(N)Oc1cnc(-c2ccc(C(F)(F)F)cc2)nc1. The third-order valence-electron chi connectivity index (χ3n) is 2.42. The van der Waals surface area contributed by atoms with Gasteiger partial charge in [0, 0.05) is 5.56 Å². The minimum atomic E-state index is -4.35. The molecule has 1 atom stereocenters. The maximum atomic E-state index is 12.4. The Morgan fingerprint density at radius 1 is 1.10 bits per heavy atom. The standard InChI is InChI=1S/C13H12F3N3O/c1-8(17)20-11-6-18-12(19-7-11)9-2-4-10(5-3-9)13(14,15)16/h2-8H,17H2,1H3. The van der Waals surface area contributed by atoms with Gasteiger partial charge in [0.25, 0.3) is 0 Å². The molecule has 7 heteroatoms. The second-order valence-corrected chi connectivity index (χ2v) is 4.14. The Bertz CT molecular complexity index is 565. The van der Waals surface area contributed by atoms with E-state index < -0.39 is 18.0 Å². The summed E-state index contributed by atoms with van der Waals surface area (Å²) in [7, 11) is 0. The summed E-state index contributed by atoms with van der Waals surface area (Å²) in [5.74, 6) is 0.714. The van der Waals surface area contributed by atoms with Crippen molar-refractivity contribution in [1.29, 1.82) is 0 Å². The lowest BCUT2D eigenvalue weighted by Crippen LogP contribution is -2.22. The van der Waals surface area contributed by atoms with E-state index in [1.165, 1.54) is 24.5 Å². The summed E-state index contributed by atoms with van der Waals surface area (Å²) in [6.07, 6.45) is -2.00. The quantitative estimate of drug-likeness (QED) is 0.880. The minimum absolute atomic E-state index is 0.316. The number of rotatable bonds is 3. The normalized spacial score (nSPS) is 13.1. The number of nitrogens with two attached hydrogens (primary N) is 1. The highest BCUT2D eigenvalue weighted by atomic mass is 19.4. The molecule has 1 aromatic carbocycles. The molecule has 0 fully saturated rings. The van der Waals surface area contributed by atoms with Crippen molar-refractivity contribution in [2.75, 3.05) is 0 Å². The van der Waals surface area contributed by atoms with Gasteiger partial charge in [-0.25, -0.2) is 9.97 Å². The van der Waals surface area contributed by atoms with Crippen LogP contribution in [0.25, 0.3) is 11.4 Å². The summed E-state index contributed by atoms with van der Waals surface area (Å²) in [5, 5.41) is 0. The number of alkyl halides is 3. The van der Waals surface area contributed by atoms with Crippen LogP contribution in [0.5, 0.6) is 5.75 Å². The first-order chi connectivity index (χ1) is 9.36. The summed E-state index contributed by atoms with van der Waals surface area (Å²) >= 11 is 0. The highest BCUT2D eigenvalue weighted by molar-refractivity contribution is 5.55. The fourth-order valence-corrected chi connectivity index (χ4v) is 1.55. The molecule has 1 unspecified atom stereocenters. The lowest BCUT2D eigenvalue weighted by atomic mass is 10.1. The molecule has 20 heavy (non-hydrogen) atoms. The van der Waals surface area contributed by atoms with Gasteiger partial charge in [0.15, 0.2) is 11.6 Å². The van der Waals surface area contributed by atoms with Crippen molar-refractivity contribution < 1.29 is 17.9 Å². The number of halogens is 3. The molecule has 0 aliphatic carbocycles. The maximum absolute atomic E-state index is 12.4. The molecule has 2 rings (SSSR count). The van der Waals surface area contributed by atoms with Crippen LogP contribution in [0.3, 0.4) is 0 Å². The summed E-state index contributed by atoms with van der Waals surface area (Å²) < 4.78 is 42.5. The van der Waals surface area contributed by atoms with Crippen LogP contribution in [0, 0.1) is 0 Å². The van der Waals surface area contributed by atoms with E-state index in [1.54, 1.807) is 6.92 Å². The zero-order chi connectivity index (χ0) is 14.8. The van der Waals surface area contributed by atoms with Crippen LogP contribution in [0.15, 0.2) is 36.7 Å². The molecule has 0 bridgehead atoms. The zero-order valence-corrected chi connectivity index (χ0v) is 10.6. The lowest BCUT2D eigenvalue weighted by molar-refractivity contribution is -0.137. The number of hydrogen-bond donors (Lipinski definition) is 1. The van der Waals surface area contributed by atoms with Gasteiger partial charge in [0.1, 0.15) is 6.23 Å². The van der Waals surface area contributed by atoms with Gasteiger partial charge in [-0.3, -0.25) is 5.73 Å². The summed E-state index contributed by atoms with van der Waals surface area (Å²) in [4.78, 5) is 8.04. The van der Waals surface area contributed by atoms with Gasteiger partial charge in [-0.2, -0.15) is 13.2 Å². The number of nitrogens with zero attached hydrogens (tertiary/aromatic N) is 2. The van der Waals surface area contributed by atoms with Crippen molar-refractivity contribution in [3.05, 3.63) is 42.2 Å². The van der Waals surface area contributed by atoms with Crippen molar-refractivity contribution in [2.24, 2.45) is 5.73 Å². The average Bonchev–Trinajstić information content (AvgIpc) is 2.38. The van der Waals surface area contributed by atoms with Gasteiger partial charge in [0.05, 0.1) is 18.0 Å². The van der Waals surface area contributed by atoms with Crippen LogP contribution >= 0.6 is 0 Å². The summed E-state index contributed by atoms with van der Waals surface area (Å²) in [6.45, 7) is 1.66. The van der Waals surface area contributed by atoms with Gasteiger partial charge in [-0.1, -0.05) is 12.1 Å². The molecular weight excluding hydrogens is 271 g/mol. The third-order valence-corrected chi connectivity index (χ3v) is 2.42. The highest BCUT2D eigenvalue weighted by Gasteiger charge is 2.30.